The molecule has 0 unspecified atom stereocenters. The second kappa shape index (κ2) is 6.69. The monoisotopic (exact) mass is 363 g/mol. The van der Waals surface area contributed by atoms with Gasteiger partial charge in [0.2, 0.25) is 0 Å². The number of amides is 1. The van der Waals surface area contributed by atoms with Gasteiger partial charge in [-0.15, -0.1) is 12.4 Å². The van der Waals surface area contributed by atoms with Crippen molar-refractivity contribution in [3.8, 4) is 5.75 Å². The molecule has 0 saturated carbocycles. The van der Waals surface area contributed by atoms with Gasteiger partial charge in [0.1, 0.15) is 5.75 Å². The molecular formula is C18H22ClN3O3. The minimum Gasteiger partial charge on any atom is -0.508 e. The maximum absolute atomic E-state index is 12.6. The van der Waals surface area contributed by atoms with Gasteiger partial charge in [-0.1, -0.05) is 0 Å². The van der Waals surface area contributed by atoms with Crippen molar-refractivity contribution in [3.63, 3.8) is 0 Å². The molecule has 6 nitrogen and oxygen atoms in total. The second-order valence-corrected chi connectivity index (χ2v) is 6.90. The van der Waals surface area contributed by atoms with Crippen LogP contribution >= 0.6 is 12.4 Å². The van der Waals surface area contributed by atoms with Gasteiger partial charge in [0.05, 0.1) is 5.56 Å². The first-order chi connectivity index (χ1) is 11.5. The Bertz CT molecular complexity index is 824. The maximum Gasteiger partial charge on any atom is 0.292 e. The smallest absolute Gasteiger partial charge is 0.292 e. The van der Waals surface area contributed by atoms with E-state index in [-0.39, 0.29) is 24.2 Å². The van der Waals surface area contributed by atoms with E-state index in [2.05, 4.69) is 10.2 Å². The van der Waals surface area contributed by atoms with Gasteiger partial charge in [-0.25, -0.2) is 0 Å². The lowest BCUT2D eigenvalue weighted by Gasteiger charge is -2.44. The van der Waals surface area contributed by atoms with E-state index >= 15 is 0 Å². The molecule has 2 bridgehead atoms. The molecule has 1 aromatic heterocycles. The number of nitrogens with zero attached hydrogens (tertiary/aromatic N) is 2. The predicted molar refractivity (Wildman–Crippen MR) is 97.3 cm³/mol. The molecule has 134 valence electrons. The van der Waals surface area contributed by atoms with Crippen LogP contribution in [0.3, 0.4) is 0 Å². The fraction of sp³-hybridized carbons (Fsp3) is 0.444. The van der Waals surface area contributed by atoms with E-state index in [9.17, 15) is 14.7 Å². The summed E-state index contributed by atoms with van der Waals surface area (Å²) in [6, 6.07) is 4.91. The lowest BCUT2D eigenvalue weighted by atomic mass is 9.84. The number of hydrogen-bond donors (Lipinski definition) is 2. The normalized spacial score (nSPS) is 24.8. The number of fused-ring (bicyclic) bond motifs is 4. The lowest BCUT2D eigenvalue weighted by Crippen LogP contribution is -2.58. The zero-order chi connectivity index (χ0) is 16.8. The van der Waals surface area contributed by atoms with Gasteiger partial charge in [0, 0.05) is 36.7 Å². The third kappa shape index (κ3) is 3.12. The number of rotatable bonds is 3. The van der Waals surface area contributed by atoms with Crippen LogP contribution in [-0.4, -0.2) is 51.9 Å². The maximum atomic E-state index is 12.6. The zero-order valence-corrected chi connectivity index (χ0v) is 14.9. The molecule has 3 aliphatic heterocycles. The number of ketones is 1. The molecule has 0 spiro atoms. The Morgan fingerprint density at radius 3 is 2.60 bits per heavy atom. The number of carbonyl (C=O) groups is 2. The van der Waals surface area contributed by atoms with Crippen molar-refractivity contribution >= 4 is 35.0 Å². The van der Waals surface area contributed by atoms with Crippen LogP contribution in [0.2, 0.25) is 0 Å². The molecule has 4 heterocycles. The van der Waals surface area contributed by atoms with Gasteiger partial charge in [0.25, 0.3) is 11.7 Å². The molecule has 0 aliphatic carbocycles. The number of nitrogens with one attached hydrogen (secondary N) is 1. The summed E-state index contributed by atoms with van der Waals surface area (Å²) in [4.78, 5) is 27.5. The van der Waals surface area contributed by atoms with Crippen LogP contribution in [0, 0.1) is 5.92 Å². The number of piperidine rings is 3. The van der Waals surface area contributed by atoms with Crippen LogP contribution in [0.15, 0.2) is 24.4 Å². The van der Waals surface area contributed by atoms with Crippen molar-refractivity contribution in [3.05, 3.63) is 30.0 Å². The highest BCUT2D eigenvalue weighted by molar-refractivity contribution is 6.45. The molecule has 1 atom stereocenters. The third-order valence-electron chi connectivity index (χ3n) is 5.40. The van der Waals surface area contributed by atoms with E-state index < -0.39 is 11.7 Å². The van der Waals surface area contributed by atoms with Crippen molar-refractivity contribution in [2.24, 2.45) is 13.0 Å². The van der Waals surface area contributed by atoms with E-state index in [4.69, 9.17) is 0 Å². The summed E-state index contributed by atoms with van der Waals surface area (Å²) in [6.45, 7) is 3.02. The average molecular weight is 364 g/mol. The van der Waals surface area contributed by atoms with Crippen LogP contribution in [0.25, 0.3) is 10.9 Å². The number of hydrogen-bond acceptors (Lipinski definition) is 4. The number of Topliss-reactive ketones (excluding diaryl/α,β-unsaturated/α-hetero) is 1. The Morgan fingerprint density at radius 2 is 1.96 bits per heavy atom. The van der Waals surface area contributed by atoms with Crippen molar-refractivity contribution in [2.75, 3.05) is 19.6 Å². The molecule has 7 heteroatoms. The van der Waals surface area contributed by atoms with E-state index in [1.54, 1.807) is 22.9 Å². The highest BCUT2D eigenvalue weighted by atomic mass is 35.5. The summed E-state index contributed by atoms with van der Waals surface area (Å²) in [5.74, 6) is -0.531. The number of aromatic nitrogens is 1. The summed E-state index contributed by atoms with van der Waals surface area (Å²) in [5, 5.41) is 13.2. The Balaban J connectivity index is 0.00000182. The Kier molecular flexibility index (Phi) is 4.75. The summed E-state index contributed by atoms with van der Waals surface area (Å²) >= 11 is 0. The van der Waals surface area contributed by atoms with Gasteiger partial charge < -0.3 is 19.9 Å². The Labute approximate surface area is 152 Å². The van der Waals surface area contributed by atoms with E-state index in [0.717, 1.165) is 38.0 Å². The van der Waals surface area contributed by atoms with Crippen LogP contribution < -0.4 is 5.32 Å². The number of phenolic OH excluding ortho intramolecular Hbond substituents is 1. The fourth-order valence-electron chi connectivity index (χ4n) is 4.05. The zero-order valence-electron chi connectivity index (χ0n) is 14.1. The third-order valence-corrected chi connectivity index (χ3v) is 5.40. The van der Waals surface area contributed by atoms with Gasteiger partial charge in [-0.05, 0) is 50.0 Å². The van der Waals surface area contributed by atoms with E-state index in [1.807, 2.05) is 7.05 Å². The van der Waals surface area contributed by atoms with E-state index in [1.165, 1.54) is 6.07 Å². The number of phenols is 1. The fourth-order valence-corrected chi connectivity index (χ4v) is 4.05. The van der Waals surface area contributed by atoms with Gasteiger partial charge in [-0.2, -0.15) is 0 Å². The largest absolute Gasteiger partial charge is 0.508 e. The highest BCUT2D eigenvalue weighted by Gasteiger charge is 2.36. The van der Waals surface area contributed by atoms with Crippen molar-refractivity contribution in [1.29, 1.82) is 0 Å². The lowest BCUT2D eigenvalue weighted by molar-refractivity contribution is -0.119. The number of benzene rings is 1. The first-order valence-corrected chi connectivity index (χ1v) is 8.38. The molecule has 1 amide bonds. The summed E-state index contributed by atoms with van der Waals surface area (Å²) < 4.78 is 1.80. The molecule has 1 aromatic carbocycles. The average Bonchev–Trinajstić information content (AvgIpc) is 2.91. The molecule has 2 aromatic rings. The minimum atomic E-state index is -0.551. The first kappa shape index (κ1) is 17.8. The first-order valence-electron chi connectivity index (χ1n) is 8.38. The molecule has 5 rings (SSSR count). The van der Waals surface area contributed by atoms with Gasteiger partial charge >= 0.3 is 0 Å². The second-order valence-electron chi connectivity index (χ2n) is 6.90. The Morgan fingerprint density at radius 1 is 1.24 bits per heavy atom. The SMILES string of the molecule is Cl.Cn1cc(C(=O)C(=O)N[C@@H]2CN3CCC2CC3)c2cc(O)ccc21. The van der Waals surface area contributed by atoms with Gasteiger partial charge in [-0.3, -0.25) is 9.59 Å². The van der Waals surface area contributed by atoms with Gasteiger partial charge in [0.15, 0.2) is 0 Å². The molecule has 3 fully saturated rings. The Hall–Kier alpha value is -2.05. The molecular weight excluding hydrogens is 342 g/mol. The van der Waals surface area contributed by atoms with Crippen LogP contribution in [0.5, 0.6) is 5.75 Å². The number of halogens is 1. The minimum absolute atomic E-state index is 0. The standard InChI is InChI=1S/C18H21N3O3.ClH/c1-20-9-14(13-8-12(22)2-3-16(13)20)17(23)18(24)19-15-10-21-6-4-11(15)5-7-21;/h2-3,8-9,11,15,22H,4-7,10H2,1H3,(H,19,24);1H/t15-;/m1./s1. The molecule has 3 aliphatic rings. The van der Waals surface area contributed by atoms with E-state index in [0.29, 0.717) is 16.9 Å². The van der Waals surface area contributed by atoms with Crippen LogP contribution in [-0.2, 0) is 11.8 Å². The highest BCUT2D eigenvalue weighted by Crippen LogP contribution is 2.28. The summed E-state index contributed by atoms with van der Waals surface area (Å²) in [6.07, 6.45) is 3.82. The topological polar surface area (TPSA) is 74.6 Å². The molecule has 0 radical (unpaired) electrons. The molecule has 2 N–H and O–H groups in total. The number of aromatic hydroxyl groups is 1. The van der Waals surface area contributed by atoms with Crippen molar-refractivity contribution in [1.82, 2.24) is 14.8 Å². The summed E-state index contributed by atoms with van der Waals surface area (Å²) in [7, 11) is 1.82. The van der Waals surface area contributed by atoms with Crippen molar-refractivity contribution in [2.45, 2.75) is 18.9 Å². The quantitative estimate of drug-likeness (QED) is 0.643. The molecule has 3 saturated heterocycles. The number of aryl methyl sites for hydroxylation is 1. The number of carbonyl (C=O) groups excluding carboxylic acids is 2. The van der Waals surface area contributed by atoms with Crippen LogP contribution in [0.1, 0.15) is 23.2 Å². The summed E-state index contributed by atoms with van der Waals surface area (Å²) in [5.41, 5.74) is 1.15. The predicted octanol–water partition coefficient (Wildman–Crippen LogP) is 1.70. The van der Waals surface area contributed by atoms with Crippen molar-refractivity contribution < 1.29 is 14.7 Å². The van der Waals surface area contributed by atoms with Crippen LogP contribution in [0.4, 0.5) is 0 Å². The molecule has 25 heavy (non-hydrogen) atoms.